The first kappa shape index (κ1) is 17.7. The van der Waals surface area contributed by atoms with Crippen molar-refractivity contribution >= 4 is 29.1 Å². The van der Waals surface area contributed by atoms with Crippen LogP contribution < -0.4 is 11.1 Å². The Labute approximate surface area is 143 Å². The fraction of sp³-hybridized carbons (Fsp3) is 0.235. The number of nitrogens with two attached hydrogens (primary N) is 1. The highest BCUT2D eigenvalue weighted by Gasteiger charge is 2.22. The van der Waals surface area contributed by atoms with Gasteiger partial charge in [0.05, 0.1) is 4.88 Å². The number of hydrogen-bond acceptors (Lipinski definition) is 5. The van der Waals surface area contributed by atoms with Gasteiger partial charge in [0.1, 0.15) is 0 Å². The SMILES string of the molecule is NC(=O)[C@@H](OC(=O)CCCNC(=O)c1cccs1)c1ccccc1. The van der Waals surface area contributed by atoms with E-state index in [-0.39, 0.29) is 12.3 Å². The molecule has 0 saturated heterocycles. The average molecular weight is 346 g/mol. The quantitative estimate of drug-likeness (QED) is 0.564. The first-order valence-electron chi connectivity index (χ1n) is 7.43. The van der Waals surface area contributed by atoms with Crippen LogP contribution in [0.25, 0.3) is 0 Å². The van der Waals surface area contributed by atoms with Crippen molar-refractivity contribution in [3.8, 4) is 0 Å². The van der Waals surface area contributed by atoms with Gasteiger partial charge in [-0.1, -0.05) is 36.4 Å². The molecule has 0 fully saturated rings. The van der Waals surface area contributed by atoms with Crippen LogP contribution >= 0.6 is 11.3 Å². The molecular formula is C17H18N2O4S. The number of primary amides is 1. The molecule has 0 radical (unpaired) electrons. The number of rotatable bonds is 8. The van der Waals surface area contributed by atoms with Crippen molar-refractivity contribution in [3.63, 3.8) is 0 Å². The van der Waals surface area contributed by atoms with E-state index in [4.69, 9.17) is 10.5 Å². The molecule has 1 aromatic carbocycles. The largest absolute Gasteiger partial charge is 0.447 e. The van der Waals surface area contributed by atoms with Crippen LogP contribution in [0.15, 0.2) is 47.8 Å². The van der Waals surface area contributed by atoms with Gasteiger partial charge in [-0.3, -0.25) is 14.4 Å². The van der Waals surface area contributed by atoms with Crippen LogP contribution in [0.5, 0.6) is 0 Å². The fourth-order valence-corrected chi connectivity index (χ4v) is 2.68. The van der Waals surface area contributed by atoms with Gasteiger partial charge in [-0.05, 0) is 17.9 Å². The summed E-state index contributed by atoms with van der Waals surface area (Å²) in [6.45, 7) is 0.346. The van der Waals surface area contributed by atoms with Crippen molar-refractivity contribution in [2.75, 3.05) is 6.54 Å². The minimum atomic E-state index is -1.10. The fourth-order valence-electron chi connectivity index (χ4n) is 2.04. The molecule has 1 heterocycles. The van der Waals surface area contributed by atoms with Crippen molar-refractivity contribution in [2.24, 2.45) is 5.73 Å². The lowest BCUT2D eigenvalue weighted by molar-refractivity contribution is -0.155. The molecule has 0 aliphatic carbocycles. The van der Waals surface area contributed by atoms with E-state index in [1.165, 1.54) is 11.3 Å². The summed E-state index contributed by atoms with van der Waals surface area (Å²) >= 11 is 1.35. The van der Waals surface area contributed by atoms with Crippen LogP contribution in [0.3, 0.4) is 0 Å². The standard InChI is InChI=1S/C17H18N2O4S/c18-16(21)15(12-6-2-1-3-7-12)23-14(20)9-4-10-19-17(22)13-8-5-11-24-13/h1-3,5-8,11,15H,4,9-10H2,(H2,18,21)(H,19,22)/t15-/m0/s1. The predicted molar refractivity (Wildman–Crippen MR) is 90.4 cm³/mol. The molecule has 1 aromatic heterocycles. The molecule has 0 spiro atoms. The van der Waals surface area contributed by atoms with Gasteiger partial charge in [-0.25, -0.2) is 0 Å². The molecule has 7 heteroatoms. The van der Waals surface area contributed by atoms with Crippen LogP contribution in [0.2, 0.25) is 0 Å². The van der Waals surface area contributed by atoms with E-state index in [1.54, 1.807) is 42.5 Å². The summed E-state index contributed by atoms with van der Waals surface area (Å²) in [7, 11) is 0. The summed E-state index contributed by atoms with van der Waals surface area (Å²) < 4.78 is 5.15. The molecule has 2 amide bonds. The maximum absolute atomic E-state index is 11.9. The number of hydrogen-bond donors (Lipinski definition) is 2. The zero-order chi connectivity index (χ0) is 17.4. The monoisotopic (exact) mass is 346 g/mol. The summed E-state index contributed by atoms with van der Waals surface area (Å²) in [5.74, 6) is -1.42. The van der Waals surface area contributed by atoms with Crippen molar-refractivity contribution in [2.45, 2.75) is 18.9 Å². The summed E-state index contributed by atoms with van der Waals surface area (Å²) in [4.78, 5) is 35.7. The molecule has 24 heavy (non-hydrogen) atoms. The zero-order valence-corrected chi connectivity index (χ0v) is 13.8. The van der Waals surface area contributed by atoms with Crippen molar-refractivity contribution < 1.29 is 19.1 Å². The molecule has 0 aliphatic heterocycles. The minimum Gasteiger partial charge on any atom is -0.447 e. The van der Waals surface area contributed by atoms with E-state index < -0.39 is 18.0 Å². The second kappa shape index (κ2) is 8.83. The topological polar surface area (TPSA) is 98.5 Å². The van der Waals surface area contributed by atoms with Gasteiger partial charge in [0.25, 0.3) is 11.8 Å². The minimum absolute atomic E-state index is 0.0847. The summed E-state index contributed by atoms with van der Waals surface area (Å²) in [5, 5.41) is 4.54. The number of benzene rings is 1. The third kappa shape index (κ3) is 5.20. The molecule has 1 atom stereocenters. The van der Waals surface area contributed by atoms with E-state index in [0.29, 0.717) is 23.4 Å². The molecule has 0 unspecified atom stereocenters. The number of nitrogens with one attached hydrogen (secondary N) is 1. The summed E-state index contributed by atoms with van der Waals surface area (Å²) in [6, 6.07) is 12.1. The smallest absolute Gasteiger partial charge is 0.306 e. The third-order valence-electron chi connectivity index (χ3n) is 3.20. The summed E-state index contributed by atoms with van der Waals surface area (Å²) in [6.07, 6.45) is -0.600. The van der Waals surface area contributed by atoms with E-state index in [2.05, 4.69) is 5.32 Å². The van der Waals surface area contributed by atoms with Crippen molar-refractivity contribution in [1.29, 1.82) is 0 Å². The number of esters is 1. The maximum Gasteiger partial charge on any atom is 0.306 e. The van der Waals surface area contributed by atoms with Gasteiger partial charge in [0.15, 0.2) is 0 Å². The van der Waals surface area contributed by atoms with Gasteiger partial charge in [-0.2, -0.15) is 0 Å². The van der Waals surface area contributed by atoms with Crippen LogP contribution in [-0.4, -0.2) is 24.3 Å². The molecule has 2 aromatic rings. The van der Waals surface area contributed by atoms with E-state index in [9.17, 15) is 14.4 Å². The molecule has 0 bridgehead atoms. The molecule has 2 rings (SSSR count). The van der Waals surface area contributed by atoms with Crippen molar-refractivity contribution in [1.82, 2.24) is 5.32 Å². The molecule has 3 N–H and O–H groups in total. The van der Waals surface area contributed by atoms with Gasteiger partial charge in [0, 0.05) is 18.5 Å². The Morgan fingerprint density at radius 1 is 1.12 bits per heavy atom. The van der Waals surface area contributed by atoms with E-state index in [1.807, 2.05) is 5.38 Å². The second-order valence-corrected chi connectivity index (χ2v) is 5.97. The van der Waals surface area contributed by atoms with Gasteiger partial charge >= 0.3 is 5.97 Å². The first-order chi connectivity index (χ1) is 11.6. The Bertz CT molecular complexity index is 686. The third-order valence-corrected chi connectivity index (χ3v) is 4.07. The number of carbonyl (C=O) groups excluding carboxylic acids is 3. The van der Waals surface area contributed by atoms with E-state index in [0.717, 1.165) is 0 Å². The zero-order valence-electron chi connectivity index (χ0n) is 12.9. The van der Waals surface area contributed by atoms with Gasteiger partial charge < -0.3 is 15.8 Å². The number of thiophene rings is 1. The normalized spacial score (nSPS) is 11.5. The average Bonchev–Trinajstić information content (AvgIpc) is 3.11. The van der Waals surface area contributed by atoms with Crippen LogP contribution in [0.4, 0.5) is 0 Å². The lowest BCUT2D eigenvalue weighted by atomic mass is 10.1. The Kier molecular flexibility index (Phi) is 6.51. The molecule has 6 nitrogen and oxygen atoms in total. The van der Waals surface area contributed by atoms with Crippen LogP contribution in [-0.2, 0) is 14.3 Å². The Morgan fingerprint density at radius 3 is 2.50 bits per heavy atom. The number of carbonyl (C=O) groups is 3. The Hall–Kier alpha value is -2.67. The maximum atomic E-state index is 11.9. The number of amides is 2. The molecule has 126 valence electrons. The lowest BCUT2D eigenvalue weighted by Gasteiger charge is -2.15. The Morgan fingerprint density at radius 2 is 1.88 bits per heavy atom. The van der Waals surface area contributed by atoms with Crippen molar-refractivity contribution in [3.05, 3.63) is 58.3 Å². The molecular weight excluding hydrogens is 328 g/mol. The van der Waals surface area contributed by atoms with Crippen LogP contribution in [0, 0.1) is 0 Å². The molecule has 0 aliphatic rings. The highest BCUT2D eigenvalue weighted by Crippen LogP contribution is 2.17. The number of ether oxygens (including phenoxy) is 1. The highest BCUT2D eigenvalue weighted by atomic mass is 32.1. The summed E-state index contributed by atoms with van der Waals surface area (Å²) in [5.41, 5.74) is 5.83. The van der Waals surface area contributed by atoms with E-state index >= 15 is 0 Å². The second-order valence-electron chi connectivity index (χ2n) is 5.02. The Balaban J connectivity index is 1.75. The first-order valence-corrected chi connectivity index (χ1v) is 8.31. The lowest BCUT2D eigenvalue weighted by Crippen LogP contribution is -2.27. The van der Waals surface area contributed by atoms with Gasteiger partial charge in [0.2, 0.25) is 6.10 Å². The van der Waals surface area contributed by atoms with Gasteiger partial charge in [-0.15, -0.1) is 11.3 Å². The highest BCUT2D eigenvalue weighted by molar-refractivity contribution is 7.12. The van der Waals surface area contributed by atoms with Crippen LogP contribution in [0.1, 0.15) is 34.2 Å². The predicted octanol–water partition coefficient (Wildman–Crippen LogP) is 2.03. The molecule has 0 saturated carbocycles.